The molecule has 2 atom stereocenters. The van der Waals surface area contributed by atoms with Crippen molar-refractivity contribution in [3.63, 3.8) is 0 Å². The zero-order valence-electron chi connectivity index (χ0n) is 14.7. The van der Waals surface area contributed by atoms with Gasteiger partial charge in [0.1, 0.15) is 11.8 Å². The van der Waals surface area contributed by atoms with Gasteiger partial charge in [-0.05, 0) is 42.9 Å². The SMILES string of the molecule is COC(CCc1cc2c(cc1CCC(OC)S(=O)(=O)O)S[C+]=N2)S(=O)(=O)O. The van der Waals surface area contributed by atoms with Crippen molar-refractivity contribution in [3.8, 4) is 0 Å². The van der Waals surface area contributed by atoms with Gasteiger partial charge in [-0.25, -0.2) is 0 Å². The van der Waals surface area contributed by atoms with E-state index in [0.717, 1.165) is 16.0 Å². The van der Waals surface area contributed by atoms with Crippen LogP contribution in [0.25, 0.3) is 0 Å². The number of aliphatic imine (C=N–C) groups is 1. The van der Waals surface area contributed by atoms with E-state index >= 15 is 0 Å². The van der Waals surface area contributed by atoms with E-state index in [2.05, 4.69) is 10.5 Å². The summed E-state index contributed by atoms with van der Waals surface area (Å²) in [4.78, 5) is 4.94. The van der Waals surface area contributed by atoms with Crippen LogP contribution in [0.5, 0.6) is 0 Å². The molecule has 1 aliphatic heterocycles. The van der Waals surface area contributed by atoms with Gasteiger partial charge in [-0.15, -0.1) is 0 Å². The van der Waals surface area contributed by atoms with Gasteiger partial charge in [-0.2, -0.15) is 16.8 Å². The summed E-state index contributed by atoms with van der Waals surface area (Å²) >= 11 is 1.29. The van der Waals surface area contributed by atoms with E-state index in [0.29, 0.717) is 5.69 Å². The number of rotatable bonds is 10. The molecule has 0 radical (unpaired) electrons. The van der Waals surface area contributed by atoms with Crippen molar-refractivity contribution in [1.29, 1.82) is 0 Å². The van der Waals surface area contributed by atoms with Crippen molar-refractivity contribution in [2.45, 2.75) is 41.5 Å². The molecular formula is C15H20NO8S3+. The van der Waals surface area contributed by atoms with Gasteiger partial charge in [0.05, 0.1) is 6.07 Å². The normalized spacial score (nSPS) is 16.0. The van der Waals surface area contributed by atoms with Gasteiger partial charge in [0.2, 0.25) is 5.69 Å². The number of benzene rings is 1. The summed E-state index contributed by atoms with van der Waals surface area (Å²) in [5.41, 5.74) is 2.21. The van der Waals surface area contributed by atoms with Gasteiger partial charge in [-0.3, -0.25) is 9.11 Å². The molecule has 0 saturated carbocycles. The van der Waals surface area contributed by atoms with E-state index in [1.807, 2.05) is 6.07 Å². The van der Waals surface area contributed by atoms with Crippen LogP contribution in [0.2, 0.25) is 0 Å². The Morgan fingerprint density at radius 2 is 1.48 bits per heavy atom. The monoisotopic (exact) mass is 438 g/mol. The molecule has 0 aliphatic carbocycles. The summed E-state index contributed by atoms with van der Waals surface area (Å²) in [5.74, 6) is 0. The Balaban J connectivity index is 2.23. The highest BCUT2D eigenvalue weighted by Crippen LogP contribution is 2.37. The largest absolute Gasteiger partial charge is 0.363 e. The van der Waals surface area contributed by atoms with Crippen LogP contribution in [0.3, 0.4) is 0 Å². The minimum atomic E-state index is -4.35. The van der Waals surface area contributed by atoms with Crippen LogP contribution >= 0.6 is 11.8 Å². The molecule has 12 heteroatoms. The van der Waals surface area contributed by atoms with Crippen LogP contribution in [0, 0.1) is 0 Å². The maximum absolute atomic E-state index is 11.3. The highest BCUT2D eigenvalue weighted by atomic mass is 32.2. The molecule has 27 heavy (non-hydrogen) atoms. The van der Waals surface area contributed by atoms with Crippen molar-refractivity contribution >= 4 is 43.2 Å². The number of ether oxygens (including phenoxy) is 2. The Kier molecular flexibility index (Phi) is 7.33. The van der Waals surface area contributed by atoms with Crippen LogP contribution < -0.4 is 0 Å². The Bertz CT molecular complexity index is 911. The summed E-state index contributed by atoms with van der Waals surface area (Å²) in [5, 5.41) is 0. The van der Waals surface area contributed by atoms with Crippen molar-refractivity contribution < 1.29 is 35.4 Å². The molecule has 0 spiro atoms. The number of thioether (sulfide) groups is 1. The van der Waals surface area contributed by atoms with Gasteiger partial charge < -0.3 is 9.47 Å². The Morgan fingerprint density at radius 3 is 1.93 bits per heavy atom. The van der Waals surface area contributed by atoms with Crippen LogP contribution in [0.15, 0.2) is 22.0 Å². The molecule has 0 bridgehead atoms. The molecule has 0 fully saturated rings. The Labute approximate surface area is 162 Å². The molecule has 2 N–H and O–H groups in total. The lowest BCUT2D eigenvalue weighted by Crippen LogP contribution is -2.24. The predicted octanol–water partition coefficient (Wildman–Crippen LogP) is 1.91. The lowest BCUT2D eigenvalue weighted by atomic mass is 9.98. The van der Waals surface area contributed by atoms with Crippen molar-refractivity contribution in [1.82, 2.24) is 0 Å². The number of fused-ring (bicyclic) bond motifs is 1. The van der Waals surface area contributed by atoms with Crippen molar-refractivity contribution in [2.24, 2.45) is 4.99 Å². The molecule has 2 unspecified atom stereocenters. The molecule has 1 aromatic carbocycles. The van der Waals surface area contributed by atoms with Gasteiger partial charge in [0, 0.05) is 19.2 Å². The van der Waals surface area contributed by atoms with Crippen molar-refractivity contribution in [3.05, 3.63) is 23.3 Å². The minimum Gasteiger partial charge on any atom is -0.363 e. The van der Waals surface area contributed by atoms with E-state index in [1.165, 1.54) is 26.0 Å². The third-order valence-corrected chi connectivity index (χ3v) is 7.01. The first-order valence-corrected chi connectivity index (χ1v) is 11.6. The fraction of sp³-hybridized carbons (Fsp3) is 0.533. The third-order valence-electron chi connectivity index (χ3n) is 4.09. The highest BCUT2D eigenvalue weighted by molar-refractivity contribution is 8.12. The van der Waals surface area contributed by atoms with Crippen LogP contribution in [-0.4, -0.2) is 56.6 Å². The lowest BCUT2D eigenvalue weighted by Gasteiger charge is -2.15. The molecule has 1 aromatic rings. The third kappa shape index (κ3) is 5.93. The van der Waals surface area contributed by atoms with Gasteiger partial charge >= 0.3 is 0 Å². The first kappa shape index (κ1) is 22.2. The number of nitrogens with zero attached hydrogens (tertiary/aromatic N) is 1. The molecule has 1 aliphatic rings. The Morgan fingerprint density at radius 1 is 1.00 bits per heavy atom. The smallest absolute Gasteiger partial charge is 0.292 e. The standard InChI is InChI=1S/C15H19NO8S3/c1-23-14(26(17,18)19)5-3-10-7-12-13(25-9-16-12)8-11(10)4-6-15(24-2)27(20,21)22/h7-8,14-15H,3-6H2,1-2H3,(H-,17,18,19,20,21,22)/p+1. The van der Waals surface area contributed by atoms with Gasteiger partial charge in [0.15, 0.2) is 15.8 Å². The second-order valence-corrected chi connectivity index (χ2v) is 9.77. The molecule has 9 nitrogen and oxygen atoms in total. The van der Waals surface area contributed by atoms with E-state index in [-0.39, 0.29) is 25.7 Å². The van der Waals surface area contributed by atoms with E-state index in [4.69, 9.17) is 9.47 Å². The van der Waals surface area contributed by atoms with Gasteiger partial charge in [-0.1, -0.05) is 0 Å². The fourth-order valence-corrected chi connectivity index (χ4v) is 4.70. The summed E-state index contributed by atoms with van der Waals surface area (Å²) in [6, 6.07) is 3.59. The predicted molar refractivity (Wildman–Crippen MR) is 101 cm³/mol. The summed E-state index contributed by atoms with van der Waals surface area (Å²) in [6.07, 6.45) is 0.547. The molecular weight excluding hydrogens is 418 g/mol. The number of hydrogen-bond donors (Lipinski definition) is 2. The van der Waals surface area contributed by atoms with Crippen LogP contribution in [-0.2, 0) is 42.6 Å². The van der Waals surface area contributed by atoms with Gasteiger partial charge in [0.25, 0.3) is 25.8 Å². The average Bonchev–Trinajstić information content (AvgIpc) is 3.00. The number of aryl methyl sites for hydroxylation is 2. The quantitative estimate of drug-likeness (QED) is 0.414. The van der Waals surface area contributed by atoms with E-state index < -0.39 is 31.1 Å². The molecule has 1 heterocycles. The fourth-order valence-electron chi connectivity index (χ4n) is 2.73. The Hall–Kier alpha value is -1.11. The summed E-state index contributed by atoms with van der Waals surface area (Å²) in [7, 11) is -6.32. The average molecular weight is 439 g/mol. The molecule has 0 saturated heterocycles. The molecule has 0 amide bonds. The number of methoxy groups -OCH3 is 2. The molecule has 150 valence electrons. The topological polar surface area (TPSA) is 140 Å². The van der Waals surface area contributed by atoms with E-state index in [1.54, 1.807) is 6.07 Å². The second-order valence-electron chi connectivity index (χ2n) is 5.83. The second kappa shape index (κ2) is 8.93. The van der Waals surface area contributed by atoms with Crippen LogP contribution in [0.1, 0.15) is 24.0 Å². The minimum absolute atomic E-state index is 0.00764. The molecule has 2 rings (SSSR count). The molecule has 0 aromatic heterocycles. The van der Waals surface area contributed by atoms with Crippen molar-refractivity contribution in [2.75, 3.05) is 14.2 Å². The van der Waals surface area contributed by atoms with E-state index in [9.17, 15) is 25.9 Å². The maximum Gasteiger partial charge on any atom is 0.292 e. The number of hydrogen-bond acceptors (Lipinski definition) is 8. The first-order valence-electron chi connectivity index (χ1n) is 7.82. The zero-order chi connectivity index (χ0) is 20.2. The summed E-state index contributed by atoms with van der Waals surface area (Å²) < 4.78 is 73.2. The highest BCUT2D eigenvalue weighted by Gasteiger charge is 2.28. The first-order chi connectivity index (χ1) is 12.6. The lowest BCUT2D eigenvalue weighted by molar-refractivity contribution is 0.146. The maximum atomic E-state index is 11.3. The van der Waals surface area contributed by atoms with Crippen LogP contribution in [0.4, 0.5) is 5.69 Å². The summed E-state index contributed by atoms with van der Waals surface area (Å²) in [6.45, 7) is 0. The zero-order valence-corrected chi connectivity index (χ0v) is 17.1.